The maximum atomic E-state index is 12.5. The minimum atomic E-state index is 0.0827. The molecular formula is C23H25N2O+. The van der Waals surface area contributed by atoms with Gasteiger partial charge in [-0.3, -0.25) is 9.37 Å². The van der Waals surface area contributed by atoms with Crippen LogP contribution in [0.2, 0.25) is 0 Å². The zero-order valence-corrected chi connectivity index (χ0v) is 15.1. The molecule has 0 atom stereocenters. The minimum Gasteiger partial charge on any atom is -0.289 e. The van der Waals surface area contributed by atoms with E-state index in [1.165, 1.54) is 37.2 Å². The third kappa shape index (κ3) is 3.62. The lowest BCUT2D eigenvalue weighted by Gasteiger charge is -2.21. The predicted octanol–water partition coefficient (Wildman–Crippen LogP) is 4.23. The molecule has 3 nitrogen and oxygen atoms in total. The Morgan fingerprint density at radius 1 is 0.923 bits per heavy atom. The average molecular weight is 345 g/mol. The Labute approximate surface area is 155 Å². The van der Waals surface area contributed by atoms with Crippen molar-refractivity contribution >= 4 is 11.6 Å². The van der Waals surface area contributed by atoms with E-state index in [1.807, 2.05) is 42.5 Å². The number of benzene rings is 2. The summed E-state index contributed by atoms with van der Waals surface area (Å²) in [6.07, 6.45) is 9.53. The van der Waals surface area contributed by atoms with E-state index < -0.39 is 0 Å². The van der Waals surface area contributed by atoms with Crippen LogP contribution in [0.4, 0.5) is 0 Å². The van der Waals surface area contributed by atoms with Crippen molar-refractivity contribution in [3.63, 3.8) is 0 Å². The molecular weight excluding hydrogens is 320 g/mol. The zero-order valence-electron chi connectivity index (χ0n) is 15.1. The Morgan fingerprint density at radius 3 is 2.50 bits per heavy atom. The molecule has 0 amide bonds. The summed E-state index contributed by atoms with van der Waals surface area (Å²) in [7, 11) is 0. The van der Waals surface area contributed by atoms with Gasteiger partial charge in [0.25, 0.3) is 5.84 Å². The van der Waals surface area contributed by atoms with E-state index in [0.717, 1.165) is 30.6 Å². The van der Waals surface area contributed by atoms with Crippen LogP contribution in [0.3, 0.4) is 0 Å². The van der Waals surface area contributed by atoms with Gasteiger partial charge in [-0.2, -0.15) is 0 Å². The summed E-state index contributed by atoms with van der Waals surface area (Å²) < 4.78 is 2.51. The van der Waals surface area contributed by atoms with Gasteiger partial charge in [0.1, 0.15) is 13.1 Å². The van der Waals surface area contributed by atoms with Gasteiger partial charge in [0.2, 0.25) is 0 Å². The standard InChI is InChI=1S/C23H25N2O/c26-23(20-8-3-1-4-9-20)21-13-11-19(12-14-21)18-25-17-7-16-24-15-6-2-5-10-22(24)25/h1,3-4,7-9,11-14,17H,2,5-6,10,15-16,18H2/q+1. The molecule has 2 aliphatic rings. The van der Waals surface area contributed by atoms with Gasteiger partial charge in [-0.25, -0.2) is 4.90 Å². The van der Waals surface area contributed by atoms with Crippen LogP contribution in [0.25, 0.3) is 0 Å². The molecule has 132 valence electrons. The summed E-state index contributed by atoms with van der Waals surface area (Å²) in [4.78, 5) is 14.9. The fourth-order valence-electron chi connectivity index (χ4n) is 3.82. The first-order chi connectivity index (χ1) is 12.8. The minimum absolute atomic E-state index is 0.0827. The lowest BCUT2D eigenvalue weighted by Crippen LogP contribution is -2.37. The normalized spacial score (nSPS) is 17.0. The number of nitrogens with zero attached hydrogens (tertiary/aromatic N) is 2. The molecule has 0 N–H and O–H groups in total. The van der Waals surface area contributed by atoms with Crippen LogP contribution < -0.4 is 0 Å². The summed E-state index contributed by atoms with van der Waals surface area (Å²) in [5.41, 5.74) is 2.72. The van der Waals surface area contributed by atoms with E-state index >= 15 is 0 Å². The summed E-state index contributed by atoms with van der Waals surface area (Å²) in [5, 5.41) is 0. The van der Waals surface area contributed by atoms with E-state index in [-0.39, 0.29) is 5.78 Å². The SMILES string of the molecule is O=C(c1ccccc1)c1ccc(CN2C=CC[N+]3=C2CCCCC3)cc1. The summed E-state index contributed by atoms with van der Waals surface area (Å²) in [5.74, 6) is 1.54. The molecule has 2 aliphatic heterocycles. The first-order valence-electron chi connectivity index (χ1n) is 9.54. The number of hydrogen-bond acceptors (Lipinski definition) is 2. The van der Waals surface area contributed by atoms with Crippen LogP contribution in [0.15, 0.2) is 66.9 Å². The largest absolute Gasteiger partial charge is 0.289 e. The molecule has 2 heterocycles. The van der Waals surface area contributed by atoms with Gasteiger partial charge in [-0.05, 0) is 30.9 Å². The molecule has 0 fully saturated rings. The molecule has 2 aromatic rings. The number of hydrogen-bond donors (Lipinski definition) is 0. The number of rotatable bonds is 4. The third-order valence-electron chi connectivity index (χ3n) is 5.24. The van der Waals surface area contributed by atoms with Crippen molar-refractivity contribution in [3.05, 3.63) is 83.6 Å². The quantitative estimate of drug-likeness (QED) is 0.611. The molecule has 0 bridgehead atoms. The Hall–Kier alpha value is -2.68. The van der Waals surface area contributed by atoms with Crippen LogP contribution in [-0.2, 0) is 6.54 Å². The van der Waals surface area contributed by atoms with E-state index in [4.69, 9.17) is 0 Å². The zero-order chi connectivity index (χ0) is 17.8. The number of ketones is 1. The highest BCUT2D eigenvalue weighted by atomic mass is 16.1. The van der Waals surface area contributed by atoms with Crippen LogP contribution in [-0.4, -0.2) is 34.2 Å². The van der Waals surface area contributed by atoms with Crippen molar-refractivity contribution in [2.24, 2.45) is 0 Å². The van der Waals surface area contributed by atoms with Crippen LogP contribution >= 0.6 is 0 Å². The van der Waals surface area contributed by atoms with Gasteiger partial charge in [-0.1, -0.05) is 54.6 Å². The summed E-state index contributed by atoms with van der Waals surface area (Å²) >= 11 is 0. The molecule has 0 unspecified atom stereocenters. The topological polar surface area (TPSA) is 23.3 Å². The summed E-state index contributed by atoms with van der Waals surface area (Å²) in [6.45, 7) is 3.07. The second-order valence-corrected chi connectivity index (χ2v) is 7.08. The number of carbonyl (C=O) groups is 1. The van der Waals surface area contributed by atoms with Gasteiger partial charge in [0.15, 0.2) is 5.78 Å². The maximum absolute atomic E-state index is 12.5. The van der Waals surface area contributed by atoms with Crippen LogP contribution in [0, 0.1) is 0 Å². The first-order valence-corrected chi connectivity index (χ1v) is 9.54. The van der Waals surface area contributed by atoms with Gasteiger partial charge in [0.05, 0.1) is 12.7 Å². The highest BCUT2D eigenvalue weighted by molar-refractivity contribution is 6.08. The van der Waals surface area contributed by atoms with Crippen molar-refractivity contribution in [3.8, 4) is 0 Å². The second-order valence-electron chi connectivity index (χ2n) is 7.08. The molecule has 0 aliphatic carbocycles. The molecule has 0 aromatic heterocycles. The Bertz CT molecular complexity index is 834. The predicted molar refractivity (Wildman–Crippen MR) is 104 cm³/mol. The van der Waals surface area contributed by atoms with Crippen molar-refractivity contribution < 1.29 is 9.37 Å². The van der Waals surface area contributed by atoms with Gasteiger partial charge < -0.3 is 0 Å². The van der Waals surface area contributed by atoms with Gasteiger partial charge >= 0.3 is 0 Å². The first kappa shape index (κ1) is 16.8. The maximum Gasteiger partial charge on any atom is 0.252 e. The molecule has 0 radical (unpaired) electrons. The highest BCUT2D eigenvalue weighted by Gasteiger charge is 2.25. The van der Waals surface area contributed by atoms with Crippen molar-refractivity contribution in [2.45, 2.75) is 32.2 Å². The molecule has 2 aromatic carbocycles. The Balaban J connectivity index is 1.49. The van der Waals surface area contributed by atoms with Crippen molar-refractivity contribution in [2.75, 3.05) is 13.1 Å². The van der Waals surface area contributed by atoms with E-state index in [9.17, 15) is 4.79 Å². The monoisotopic (exact) mass is 345 g/mol. The number of carbonyl (C=O) groups excluding carboxylic acids is 1. The molecule has 3 heteroatoms. The van der Waals surface area contributed by atoms with E-state index in [2.05, 4.69) is 33.9 Å². The Morgan fingerprint density at radius 2 is 1.69 bits per heavy atom. The van der Waals surface area contributed by atoms with Crippen LogP contribution in [0.1, 0.15) is 47.2 Å². The van der Waals surface area contributed by atoms with Crippen molar-refractivity contribution in [1.82, 2.24) is 4.90 Å². The van der Waals surface area contributed by atoms with Gasteiger partial charge in [0, 0.05) is 17.5 Å². The molecule has 26 heavy (non-hydrogen) atoms. The van der Waals surface area contributed by atoms with Crippen molar-refractivity contribution in [1.29, 1.82) is 0 Å². The fraction of sp³-hybridized carbons (Fsp3) is 0.304. The fourth-order valence-corrected chi connectivity index (χ4v) is 3.82. The number of amidine groups is 1. The second kappa shape index (κ2) is 7.69. The van der Waals surface area contributed by atoms with Gasteiger partial charge in [-0.15, -0.1) is 0 Å². The smallest absolute Gasteiger partial charge is 0.252 e. The van der Waals surface area contributed by atoms with Crippen LogP contribution in [0.5, 0.6) is 0 Å². The average Bonchev–Trinajstić information content (AvgIpc) is 2.95. The third-order valence-corrected chi connectivity index (χ3v) is 5.24. The molecule has 0 saturated heterocycles. The summed E-state index contributed by atoms with van der Waals surface area (Å²) in [6, 6.07) is 17.5. The molecule has 4 rings (SSSR count). The molecule has 0 saturated carbocycles. The van der Waals surface area contributed by atoms with E-state index in [1.54, 1.807) is 0 Å². The molecule has 0 spiro atoms. The Kier molecular flexibility index (Phi) is 4.96. The lowest BCUT2D eigenvalue weighted by molar-refractivity contribution is -0.525. The highest BCUT2D eigenvalue weighted by Crippen LogP contribution is 2.18. The lowest BCUT2D eigenvalue weighted by atomic mass is 10.0. The van der Waals surface area contributed by atoms with E-state index in [0.29, 0.717) is 0 Å².